The number of aliphatic hydroxyl groups is 2. The summed E-state index contributed by atoms with van der Waals surface area (Å²) in [7, 11) is 3.23. The molecule has 1 aliphatic rings. The molecule has 35 heavy (non-hydrogen) atoms. The maximum absolute atomic E-state index is 12.5. The van der Waals surface area contributed by atoms with E-state index in [1.807, 2.05) is 39.0 Å². The molecule has 0 unspecified atom stereocenters. The Bertz CT molecular complexity index is 814. The van der Waals surface area contributed by atoms with Crippen molar-refractivity contribution in [2.75, 3.05) is 20.7 Å². The van der Waals surface area contributed by atoms with E-state index in [1.165, 1.54) is 18.7 Å². The van der Waals surface area contributed by atoms with E-state index >= 15 is 0 Å². The van der Waals surface area contributed by atoms with Gasteiger partial charge in [-0.3, -0.25) is 9.59 Å². The molecule has 0 saturated heterocycles. The molecule has 0 spiro atoms. The molecule has 2 N–H and O–H groups in total. The molecule has 198 valence electrons. The molecule has 0 fully saturated rings. The third-order valence-electron chi connectivity index (χ3n) is 5.70. The second-order valence-corrected chi connectivity index (χ2v) is 9.68. The summed E-state index contributed by atoms with van der Waals surface area (Å²) in [5.41, 5.74) is -0.659. The highest BCUT2D eigenvalue weighted by atomic mass is 16.6. The summed E-state index contributed by atoms with van der Waals surface area (Å²) in [4.78, 5) is 37.0. The molecule has 0 bridgehead atoms. The van der Waals surface area contributed by atoms with Crippen LogP contribution in [0.4, 0.5) is 4.79 Å². The summed E-state index contributed by atoms with van der Waals surface area (Å²) in [5.74, 6) is -1.41. The van der Waals surface area contributed by atoms with Crippen molar-refractivity contribution >= 4 is 18.0 Å². The molecule has 9 heteroatoms. The molecule has 0 aliphatic carbocycles. The predicted molar refractivity (Wildman–Crippen MR) is 131 cm³/mol. The largest absolute Gasteiger partial charge is 0.457 e. The van der Waals surface area contributed by atoms with Crippen LogP contribution in [0, 0.1) is 11.8 Å². The lowest BCUT2D eigenvalue weighted by atomic mass is 9.88. The molecule has 1 rings (SSSR count). The lowest BCUT2D eigenvalue weighted by molar-refractivity contribution is -0.157. The summed E-state index contributed by atoms with van der Waals surface area (Å²) >= 11 is 0. The third-order valence-corrected chi connectivity index (χ3v) is 5.70. The van der Waals surface area contributed by atoms with Crippen LogP contribution >= 0.6 is 0 Å². The first-order chi connectivity index (χ1) is 16.2. The minimum absolute atomic E-state index is 0.0269. The van der Waals surface area contributed by atoms with Gasteiger partial charge in [-0.1, -0.05) is 38.2 Å². The highest BCUT2D eigenvalue weighted by Gasteiger charge is 2.35. The molecule has 9 nitrogen and oxygen atoms in total. The Balaban J connectivity index is 3.09. The molecule has 1 heterocycles. The Morgan fingerprint density at radius 3 is 2.57 bits per heavy atom. The van der Waals surface area contributed by atoms with Crippen molar-refractivity contribution in [3.63, 3.8) is 0 Å². The maximum atomic E-state index is 12.5. The zero-order chi connectivity index (χ0) is 26.8. The summed E-state index contributed by atoms with van der Waals surface area (Å²) in [5, 5.41) is 21.2. The molecular weight excluding hydrogens is 454 g/mol. The number of allylic oxidation sites excluding steroid dienone is 2. The standard InChI is InChI=1S/C26H41NO8/c1-17(16-33-25(31)27(6)7)9-8-10-18(2)24-19(3)11-12-22(34-20(4)28)26(5,32)14-13-21(29)15-23(30)35-24/h8-12,17,19,21-22,24,29,32H,13-16H2,1-7H3/b9-8+,12-11-,18-10+/t17-,19+,21+,22+,24-,26+/m1/s1. The Hall–Kier alpha value is -2.65. The van der Waals surface area contributed by atoms with Crippen LogP contribution in [-0.2, 0) is 23.8 Å². The fourth-order valence-corrected chi connectivity index (χ4v) is 3.51. The number of hydrogen-bond donors (Lipinski definition) is 2. The van der Waals surface area contributed by atoms with Crippen molar-refractivity contribution in [3.05, 3.63) is 36.0 Å². The Morgan fingerprint density at radius 2 is 1.97 bits per heavy atom. The monoisotopic (exact) mass is 495 g/mol. The van der Waals surface area contributed by atoms with Gasteiger partial charge in [-0.05, 0) is 38.3 Å². The number of amides is 1. The first-order valence-corrected chi connectivity index (χ1v) is 11.9. The van der Waals surface area contributed by atoms with Gasteiger partial charge in [0, 0.05) is 32.9 Å². The van der Waals surface area contributed by atoms with Gasteiger partial charge in [-0.25, -0.2) is 4.79 Å². The number of ether oxygens (including phenoxy) is 3. The number of aliphatic hydroxyl groups excluding tert-OH is 1. The van der Waals surface area contributed by atoms with E-state index in [-0.39, 0.29) is 37.7 Å². The van der Waals surface area contributed by atoms with Crippen LogP contribution in [0.5, 0.6) is 0 Å². The zero-order valence-corrected chi connectivity index (χ0v) is 21.9. The van der Waals surface area contributed by atoms with Crippen LogP contribution in [0.3, 0.4) is 0 Å². The van der Waals surface area contributed by atoms with Gasteiger partial charge in [0.25, 0.3) is 0 Å². The van der Waals surface area contributed by atoms with Crippen LogP contribution in [0.1, 0.15) is 53.9 Å². The van der Waals surface area contributed by atoms with Gasteiger partial charge in [0.1, 0.15) is 17.8 Å². The van der Waals surface area contributed by atoms with Crippen molar-refractivity contribution in [2.45, 2.75) is 77.8 Å². The van der Waals surface area contributed by atoms with E-state index in [0.717, 1.165) is 5.57 Å². The summed E-state index contributed by atoms with van der Waals surface area (Å²) < 4.78 is 16.2. The molecule has 0 aromatic rings. The minimum Gasteiger partial charge on any atom is -0.457 e. The molecule has 1 aliphatic heterocycles. The van der Waals surface area contributed by atoms with E-state index < -0.39 is 41.9 Å². The lowest BCUT2D eigenvalue weighted by Crippen LogP contribution is -2.42. The number of rotatable bonds is 6. The average Bonchev–Trinajstić information content (AvgIpc) is 2.75. The van der Waals surface area contributed by atoms with Crippen LogP contribution in [0.25, 0.3) is 0 Å². The number of cyclic esters (lactones) is 1. The second-order valence-electron chi connectivity index (χ2n) is 9.68. The summed E-state index contributed by atoms with van der Waals surface area (Å²) in [6.07, 6.45) is 5.95. The molecule has 0 radical (unpaired) electrons. The van der Waals surface area contributed by atoms with Gasteiger partial charge in [0.05, 0.1) is 19.1 Å². The van der Waals surface area contributed by atoms with E-state index in [4.69, 9.17) is 14.2 Å². The van der Waals surface area contributed by atoms with Crippen LogP contribution in [0.15, 0.2) is 36.0 Å². The number of hydrogen-bond acceptors (Lipinski definition) is 8. The number of nitrogens with zero attached hydrogens (tertiary/aromatic N) is 1. The number of esters is 2. The highest BCUT2D eigenvalue weighted by Crippen LogP contribution is 2.26. The first-order valence-electron chi connectivity index (χ1n) is 11.9. The van der Waals surface area contributed by atoms with Gasteiger partial charge in [-0.2, -0.15) is 0 Å². The quantitative estimate of drug-likeness (QED) is 0.249. The van der Waals surface area contributed by atoms with Gasteiger partial charge >= 0.3 is 18.0 Å². The molecular formula is C26H41NO8. The van der Waals surface area contributed by atoms with E-state index in [2.05, 4.69) is 0 Å². The van der Waals surface area contributed by atoms with E-state index in [0.29, 0.717) is 0 Å². The summed E-state index contributed by atoms with van der Waals surface area (Å²) in [6.45, 7) is 8.62. The van der Waals surface area contributed by atoms with Gasteiger partial charge < -0.3 is 29.3 Å². The van der Waals surface area contributed by atoms with Gasteiger partial charge in [0.2, 0.25) is 0 Å². The second kappa shape index (κ2) is 14.0. The number of carbonyl (C=O) groups is 3. The highest BCUT2D eigenvalue weighted by molar-refractivity contribution is 5.70. The Kier molecular flexibility index (Phi) is 12.2. The van der Waals surface area contributed by atoms with Crippen molar-refractivity contribution in [1.29, 1.82) is 0 Å². The van der Waals surface area contributed by atoms with E-state index in [1.54, 1.807) is 26.2 Å². The van der Waals surface area contributed by atoms with Crippen molar-refractivity contribution in [2.24, 2.45) is 11.8 Å². The topological polar surface area (TPSA) is 123 Å². The van der Waals surface area contributed by atoms with Gasteiger partial charge in [0.15, 0.2) is 0 Å². The minimum atomic E-state index is -1.42. The molecule has 0 saturated carbocycles. The van der Waals surface area contributed by atoms with Crippen LogP contribution < -0.4 is 0 Å². The van der Waals surface area contributed by atoms with Crippen molar-refractivity contribution < 1.29 is 38.8 Å². The molecule has 0 aromatic carbocycles. The first kappa shape index (κ1) is 30.4. The van der Waals surface area contributed by atoms with Crippen LogP contribution in [0.2, 0.25) is 0 Å². The molecule has 6 atom stereocenters. The van der Waals surface area contributed by atoms with Crippen molar-refractivity contribution in [3.8, 4) is 0 Å². The SMILES string of the molecule is CC(=O)O[C@H]1/C=C\[C@H](C)[C@@H](/C(C)=C/C=C/[C@@H](C)COC(=O)N(C)C)OC(=O)C[C@@H](O)CC[C@]1(C)O. The van der Waals surface area contributed by atoms with E-state index in [9.17, 15) is 24.6 Å². The zero-order valence-electron chi connectivity index (χ0n) is 21.9. The Morgan fingerprint density at radius 1 is 1.31 bits per heavy atom. The molecule has 1 amide bonds. The smallest absolute Gasteiger partial charge is 0.409 e. The molecule has 0 aromatic heterocycles. The number of carbonyl (C=O) groups excluding carboxylic acids is 3. The third kappa shape index (κ3) is 11.1. The van der Waals surface area contributed by atoms with Crippen molar-refractivity contribution in [1.82, 2.24) is 4.90 Å². The normalized spacial score (nSPS) is 30.4. The average molecular weight is 496 g/mol. The Labute approximate surface area is 208 Å². The fraction of sp³-hybridized carbons (Fsp3) is 0.654. The lowest BCUT2D eigenvalue weighted by Gasteiger charge is -2.32. The fourth-order valence-electron chi connectivity index (χ4n) is 3.51. The maximum Gasteiger partial charge on any atom is 0.409 e. The van der Waals surface area contributed by atoms with Crippen LogP contribution in [-0.4, -0.2) is 77.8 Å². The van der Waals surface area contributed by atoms with Gasteiger partial charge in [-0.15, -0.1) is 0 Å². The predicted octanol–water partition coefficient (Wildman–Crippen LogP) is 3.15. The summed E-state index contributed by atoms with van der Waals surface area (Å²) in [6, 6.07) is 0.